The Morgan fingerprint density at radius 1 is 1.13 bits per heavy atom. The number of rotatable bonds is 3. The van der Waals surface area contributed by atoms with Gasteiger partial charge in [0.15, 0.2) is 0 Å². The van der Waals surface area contributed by atoms with Gasteiger partial charge in [0.25, 0.3) is 0 Å². The second-order valence-electron chi connectivity index (χ2n) is 4.21. The Bertz CT molecular complexity index is 350. The summed E-state index contributed by atoms with van der Waals surface area (Å²) in [6.45, 7) is 10.2. The topological polar surface area (TPSA) is 37.8 Å². The van der Waals surface area contributed by atoms with Gasteiger partial charge in [-0.05, 0) is 26.7 Å². The molecule has 15 heavy (non-hydrogen) atoms. The van der Waals surface area contributed by atoms with Crippen molar-refractivity contribution in [3.05, 3.63) is 16.5 Å². The molecule has 1 heterocycles. The van der Waals surface area contributed by atoms with E-state index in [1.54, 1.807) is 0 Å². The number of halogens is 1. The van der Waals surface area contributed by atoms with Crippen LogP contribution in [-0.4, -0.2) is 16.0 Å². The summed E-state index contributed by atoms with van der Waals surface area (Å²) in [7, 11) is 0. The normalized spacial score (nSPS) is 13.0. The molecule has 84 valence electrons. The lowest BCUT2D eigenvalue weighted by Gasteiger charge is -2.19. The van der Waals surface area contributed by atoms with Crippen molar-refractivity contribution >= 4 is 17.4 Å². The first kappa shape index (κ1) is 12.2. The van der Waals surface area contributed by atoms with E-state index in [0.717, 1.165) is 11.4 Å². The number of nitrogens with one attached hydrogen (secondary N) is 1. The Morgan fingerprint density at radius 3 is 2.27 bits per heavy atom. The third-order valence-corrected chi connectivity index (χ3v) is 2.93. The van der Waals surface area contributed by atoms with Crippen molar-refractivity contribution in [2.75, 3.05) is 5.32 Å². The monoisotopic (exact) mass is 227 g/mol. The van der Waals surface area contributed by atoms with Crippen LogP contribution < -0.4 is 5.32 Å². The molecule has 0 saturated heterocycles. The van der Waals surface area contributed by atoms with Crippen LogP contribution in [0, 0.1) is 19.8 Å². The van der Waals surface area contributed by atoms with Gasteiger partial charge in [-0.15, -0.1) is 0 Å². The molecule has 0 amide bonds. The predicted octanol–water partition coefficient (Wildman–Crippen LogP) is 3.20. The van der Waals surface area contributed by atoms with Crippen LogP contribution in [0.4, 0.5) is 5.82 Å². The summed E-state index contributed by atoms with van der Waals surface area (Å²) < 4.78 is 0. The number of aryl methyl sites for hydroxylation is 1. The zero-order valence-corrected chi connectivity index (χ0v) is 10.7. The van der Waals surface area contributed by atoms with E-state index in [9.17, 15) is 0 Å². The maximum absolute atomic E-state index is 5.99. The fourth-order valence-electron chi connectivity index (χ4n) is 1.12. The van der Waals surface area contributed by atoms with Crippen LogP contribution in [0.2, 0.25) is 5.15 Å². The van der Waals surface area contributed by atoms with E-state index in [4.69, 9.17) is 11.6 Å². The summed E-state index contributed by atoms with van der Waals surface area (Å²) in [6, 6.07) is 0.370. The molecule has 0 spiro atoms. The molecule has 1 unspecified atom stereocenters. The van der Waals surface area contributed by atoms with Crippen molar-refractivity contribution in [3.8, 4) is 0 Å². The molecule has 0 saturated carbocycles. The maximum atomic E-state index is 5.99. The van der Waals surface area contributed by atoms with Crippen LogP contribution in [0.3, 0.4) is 0 Å². The van der Waals surface area contributed by atoms with Gasteiger partial charge in [-0.2, -0.15) is 0 Å². The Kier molecular flexibility index (Phi) is 3.91. The molecule has 1 N–H and O–H groups in total. The van der Waals surface area contributed by atoms with E-state index in [0.29, 0.717) is 22.9 Å². The Hall–Kier alpha value is -0.830. The van der Waals surface area contributed by atoms with Crippen LogP contribution in [-0.2, 0) is 0 Å². The fraction of sp³-hybridized carbons (Fsp3) is 0.636. The van der Waals surface area contributed by atoms with E-state index in [-0.39, 0.29) is 0 Å². The zero-order chi connectivity index (χ0) is 11.6. The first-order valence-electron chi connectivity index (χ1n) is 5.19. The maximum Gasteiger partial charge on any atom is 0.137 e. The second kappa shape index (κ2) is 4.79. The van der Waals surface area contributed by atoms with Crippen molar-refractivity contribution in [2.45, 2.75) is 40.7 Å². The van der Waals surface area contributed by atoms with Gasteiger partial charge in [0.1, 0.15) is 16.8 Å². The molecular formula is C11H18ClN3. The zero-order valence-electron chi connectivity index (χ0n) is 9.93. The van der Waals surface area contributed by atoms with Crippen molar-refractivity contribution in [2.24, 2.45) is 5.92 Å². The second-order valence-corrected chi connectivity index (χ2v) is 4.57. The summed E-state index contributed by atoms with van der Waals surface area (Å²) >= 11 is 5.99. The molecule has 3 nitrogen and oxygen atoms in total. The minimum absolute atomic E-state index is 0.370. The van der Waals surface area contributed by atoms with Crippen LogP contribution in [0.1, 0.15) is 32.2 Å². The Balaban J connectivity index is 2.94. The first-order chi connectivity index (χ1) is 6.91. The highest BCUT2D eigenvalue weighted by Gasteiger charge is 2.12. The minimum atomic E-state index is 0.370. The molecule has 1 rings (SSSR count). The van der Waals surface area contributed by atoms with Gasteiger partial charge in [-0.3, -0.25) is 0 Å². The lowest BCUT2D eigenvalue weighted by atomic mass is 10.1. The standard InChI is InChI=1S/C11H18ClN3/c1-6(2)8(4)13-11-7(3)10(12)14-9(5)15-11/h6,8H,1-5H3,(H,13,14,15). The van der Waals surface area contributed by atoms with Gasteiger partial charge >= 0.3 is 0 Å². The largest absolute Gasteiger partial charge is 0.367 e. The molecule has 0 radical (unpaired) electrons. The van der Waals surface area contributed by atoms with E-state index >= 15 is 0 Å². The molecule has 1 aromatic heterocycles. The molecule has 0 aliphatic rings. The van der Waals surface area contributed by atoms with Gasteiger partial charge in [-0.25, -0.2) is 9.97 Å². The van der Waals surface area contributed by atoms with Crippen molar-refractivity contribution in [3.63, 3.8) is 0 Å². The molecule has 0 bridgehead atoms. The summed E-state index contributed by atoms with van der Waals surface area (Å²) in [6.07, 6.45) is 0. The quantitative estimate of drug-likeness (QED) is 0.806. The fourth-order valence-corrected chi connectivity index (χ4v) is 1.33. The third kappa shape index (κ3) is 3.06. The number of nitrogens with zero attached hydrogens (tertiary/aromatic N) is 2. The molecule has 4 heteroatoms. The Labute approximate surface area is 96.3 Å². The molecule has 0 fully saturated rings. The number of anilines is 1. The average Bonchev–Trinajstić information content (AvgIpc) is 2.13. The summed E-state index contributed by atoms with van der Waals surface area (Å²) in [5.74, 6) is 2.09. The minimum Gasteiger partial charge on any atom is -0.367 e. The first-order valence-corrected chi connectivity index (χ1v) is 5.57. The average molecular weight is 228 g/mol. The Morgan fingerprint density at radius 2 is 1.73 bits per heavy atom. The van der Waals surface area contributed by atoms with Crippen molar-refractivity contribution in [1.82, 2.24) is 9.97 Å². The lowest BCUT2D eigenvalue weighted by molar-refractivity contribution is 0.557. The van der Waals surface area contributed by atoms with Crippen molar-refractivity contribution < 1.29 is 0 Å². The molecular weight excluding hydrogens is 210 g/mol. The molecule has 0 aliphatic heterocycles. The summed E-state index contributed by atoms with van der Waals surface area (Å²) in [5.41, 5.74) is 0.912. The highest BCUT2D eigenvalue weighted by Crippen LogP contribution is 2.21. The van der Waals surface area contributed by atoms with Crippen molar-refractivity contribution in [1.29, 1.82) is 0 Å². The predicted molar refractivity (Wildman–Crippen MR) is 64.4 cm³/mol. The van der Waals surface area contributed by atoms with Gasteiger partial charge < -0.3 is 5.32 Å². The molecule has 1 atom stereocenters. The highest BCUT2D eigenvalue weighted by atomic mass is 35.5. The smallest absolute Gasteiger partial charge is 0.137 e. The highest BCUT2D eigenvalue weighted by molar-refractivity contribution is 6.30. The van der Waals surface area contributed by atoms with Crippen LogP contribution in [0.5, 0.6) is 0 Å². The number of hydrogen-bond acceptors (Lipinski definition) is 3. The summed E-state index contributed by atoms with van der Waals surface area (Å²) in [4.78, 5) is 8.45. The molecule has 0 aliphatic carbocycles. The summed E-state index contributed by atoms with van der Waals surface area (Å²) in [5, 5.41) is 3.88. The van der Waals surface area contributed by atoms with Crippen LogP contribution in [0.25, 0.3) is 0 Å². The van der Waals surface area contributed by atoms with Crippen LogP contribution in [0.15, 0.2) is 0 Å². The molecule has 1 aromatic rings. The van der Waals surface area contributed by atoms with Gasteiger partial charge in [0.05, 0.1) is 0 Å². The number of aromatic nitrogens is 2. The molecule has 0 aromatic carbocycles. The van der Waals surface area contributed by atoms with E-state index in [1.165, 1.54) is 0 Å². The van der Waals surface area contributed by atoms with Crippen LogP contribution >= 0.6 is 11.6 Å². The van der Waals surface area contributed by atoms with E-state index in [1.807, 2.05) is 13.8 Å². The van der Waals surface area contributed by atoms with Gasteiger partial charge in [0.2, 0.25) is 0 Å². The van der Waals surface area contributed by atoms with E-state index in [2.05, 4.69) is 36.1 Å². The third-order valence-electron chi connectivity index (χ3n) is 2.56. The van der Waals surface area contributed by atoms with E-state index < -0.39 is 0 Å². The SMILES string of the molecule is Cc1nc(Cl)c(C)c(NC(C)C(C)C)n1. The number of hydrogen-bond donors (Lipinski definition) is 1. The lowest BCUT2D eigenvalue weighted by Crippen LogP contribution is -2.23. The van der Waals surface area contributed by atoms with Gasteiger partial charge in [0, 0.05) is 11.6 Å². The van der Waals surface area contributed by atoms with Gasteiger partial charge in [-0.1, -0.05) is 25.4 Å².